The average molecular weight is 201 g/mol. The van der Waals surface area contributed by atoms with Gasteiger partial charge in [0.2, 0.25) is 9.04 Å². The minimum atomic E-state index is -1.35. The van der Waals surface area contributed by atoms with E-state index in [0.29, 0.717) is 11.1 Å². The van der Waals surface area contributed by atoms with Gasteiger partial charge in [-0.05, 0) is 17.5 Å². The van der Waals surface area contributed by atoms with Crippen molar-refractivity contribution in [2.24, 2.45) is 0 Å². The molecule has 0 unspecified atom stereocenters. The van der Waals surface area contributed by atoms with E-state index in [1.165, 1.54) is 0 Å². The second kappa shape index (κ2) is 6.19. The Morgan fingerprint density at radius 2 is 1.77 bits per heavy atom. The Balaban J connectivity index is 4.02. The molecule has 0 aliphatic rings. The summed E-state index contributed by atoms with van der Waals surface area (Å²) in [6.07, 6.45) is 2.38. The molecule has 0 bridgehead atoms. The molecule has 77 valence electrons. The van der Waals surface area contributed by atoms with Crippen molar-refractivity contribution in [3.05, 3.63) is 6.42 Å². The first kappa shape index (κ1) is 12.7. The fraction of sp³-hybridized carbons (Fsp3) is 0.800. The predicted molar refractivity (Wildman–Crippen MR) is 58.0 cm³/mol. The molecule has 3 heteroatoms. The van der Waals surface area contributed by atoms with Crippen LogP contribution in [0.15, 0.2) is 0 Å². The van der Waals surface area contributed by atoms with Gasteiger partial charge in [-0.1, -0.05) is 34.6 Å². The van der Waals surface area contributed by atoms with E-state index in [0.717, 1.165) is 6.42 Å². The van der Waals surface area contributed by atoms with E-state index in [9.17, 15) is 4.79 Å². The van der Waals surface area contributed by atoms with Crippen LogP contribution in [0.25, 0.3) is 0 Å². The maximum absolute atomic E-state index is 11.2. The van der Waals surface area contributed by atoms with E-state index < -0.39 is 9.04 Å². The summed E-state index contributed by atoms with van der Waals surface area (Å²) in [6, 6.07) is 0. The fourth-order valence-electron chi connectivity index (χ4n) is 1.39. The molecule has 0 amide bonds. The zero-order valence-corrected chi connectivity index (χ0v) is 10.5. The molecule has 0 aromatic rings. The smallest absolute Gasteiger partial charge is 0.296 e. The number of hydrogen-bond acceptors (Lipinski definition) is 2. The summed E-state index contributed by atoms with van der Waals surface area (Å²) in [5, 5.41) is 0. The number of rotatable bonds is 5. The van der Waals surface area contributed by atoms with E-state index in [4.69, 9.17) is 4.43 Å². The third-order valence-electron chi connectivity index (χ3n) is 1.94. The van der Waals surface area contributed by atoms with Gasteiger partial charge in [-0.2, -0.15) is 0 Å². The van der Waals surface area contributed by atoms with Gasteiger partial charge in [0.05, 0.1) is 6.42 Å². The lowest BCUT2D eigenvalue weighted by Gasteiger charge is -2.22. The number of hydrogen-bond donors (Lipinski definition) is 0. The standard InChI is InChI=1S/C10H21O2Si/c1-6-7-10(11)12-13(8(2)3)9(4)5/h7-9,13H,6H2,1-5H3. The molecule has 0 aliphatic carbocycles. The van der Waals surface area contributed by atoms with Crippen LogP contribution in [0.2, 0.25) is 11.1 Å². The topological polar surface area (TPSA) is 26.3 Å². The quantitative estimate of drug-likeness (QED) is 0.639. The lowest BCUT2D eigenvalue weighted by Crippen LogP contribution is -2.28. The van der Waals surface area contributed by atoms with Crippen molar-refractivity contribution in [2.45, 2.75) is 52.1 Å². The minimum absolute atomic E-state index is 0.124. The molecule has 0 saturated carbocycles. The van der Waals surface area contributed by atoms with Crippen molar-refractivity contribution in [1.29, 1.82) is 0 Å². The highest BCUT2D eigenvalue weighted by atomic mass is 28.3. The van der Waals surface area contributed by atoms with Crippen molar-refractivity contribution < 1.29 is 9.22 Å². The summed E-state index contributed by atoms with van der Waals surface area (Å²) in [4.78, 5) is 11.2. The molecule has 0 N–H and O–H groups in total. The van der Waals surface area contributed by atoms with Gasteiger partial charge in [0.1, 0.15) is 0 Å². The van der Waals surface area contributed by atoms with Crippen LogP contribution in [0.1, 0.15) is 41.0 Å². The zero-order chi connectivity index (χ0) is 10.4. The second-order valence-corrected chi connectivity index (χ2v) is 7.83. The van der Waals surface area contributed by atoms with Crippen LogP contribution in [0.5, 0.6) is 0 Å². The molecule has 0 aromatic carbocycles. The van der Waals surface area contributed by atoms with Crippen LogP contribution in [0.4, 0.5) is 0 Å². The van der Waals surface area contributed by atoms with E-state index in [-0.39, 0.29) is 5.97 Å². The highest BCUT2D eigenvalue weighted by Gasteiger charge is 2.24. The van der Waals surface area contributed by atoms with Crippen LogP contribution < -0.4 is 0 Å². The first-order valence-electron chi connectivity index (χ1n) is 5.02. The third kappa shape index (κ3) is 5.08. The molecular weight excluding hydrogens is 180 g/mol. The molecule has 0 atom stereocenters. The second-order valence-electron chi connectivity index (χ2n) is 4.00. The van der Waals surface area contributed by atoms with Crippen LogP contribution in [-0.2, 0) is 9.22 Å². The van der Waals surface area contributed by atoms with E-state index in [1.54, 1.807) is 6.42 Å². The lowest BCUT2D eigenvalue weighted by atomic mass is 10.4. The minimum Gasteiger partial charge on any atom is -0.521 e. The van der Waals surface area contributed by atoms with Gasteiger partial charge < -0.3 is 4.43 Å². The molecule has 0 aromatic heterocycles. The largest absolute Gasteiger partial charge is 0.521 e. The van der Waals surface area contributed by atoms with Crippen LogP contribution in [-0.4, -0.2) is 15.0 Å². The summed E-state index contributed by atoms with van der Waals surface area (Å²) < 4.78 is 5.46. The Morgan fingerprint density at radius 3 is 2.08 bits per heavy atom. The fourth-order valence-corrected chi connectivity index (χ4v) is 3.84. The highest BCUT2D eigenvalue weighted by molar-refractivity contribution is 6.57. The highest BCUT2D eigenvalue weighted by Crippen LogP contribution is 2.21. The molecule has 2 nitrogen and oxygen atoms in total. The Morgan fingerprint density at radius 1 is 1.31 bits per heavy atom. The lowest BCUT2D eigenvalue weighted by molar-refractivity contribution is -0.131. The maximum Gasteiger partial charge on any atom is 0.296 e. The molecule has 0 heterocycles. The third-order valence-corrected chi connectivity index (χ3v) is 5.07. The number of carbonyl (C=O) groups is 1. The first-order valence-corrected chi connectivity index (χ1v) is 6.83. The van der Waals surface area contributed by atoms with Crippen LogP contribution >= 0.6 is 0 Å². The molecule has 0 saturated heterocycles. The molecular formula is C10H21O2Si. The van der Waals surface area contributed by atoms with Gasteiger partial charge in [0.15, 0.2) is 0 Å². The van der Waals surface area contributed by atoms with Gasteiger partial charge in [-0.25, -0.2) is 0 Å². The van der Waals surface area contributed by atoms with Crippen molar-refractivity contribution in [3.63, 3.8) is 0 Å². The average Bonchev–Trinajstić information content (AvgIpc) is 1.99. The SMILES string of the molecule is CC[CH]C(=O)O[SiH](C(C)C)C(C)C. The Labute approximate surface area is 83.4 Å². The Kier molecular flexibility index (Phi) is 6.04. The summed E-state index contributed by atoms with van der Waals surface area (Å²) in [5.74, 6) is -0.124. The Bertz CT molecular complexity index is 147. The van der Waals surface area contributed by atoms with Crippen molar-refractivity contribution in [2.75, 3.05) is 0 Å². The molecule has 0 rings (SSSR count). The summed E-state index contributed by atoms with van der Waals surface area (Å²) >= 11 is 0. The van der Waals surface area contributed by atoms with E-state index in [2.05, 4.69) is 27.7 Å². The van der Waals surface area contributed by atoms with Gasteiger partial charge in [0, 0.05) is 0 Å². The molecule has 1 radical (unpaired) electrons. The normalized spacial score (nSPS) is 11.4. The Hall–Kier alpha value is -0.313. The molecule has 0 aliphatic heterocycles. The molecule has 0 fully saturated rings. The molecule has 0 spiro atoms. The van der Waals surface area contributed by atoms with Gasteiger partial charge >= 0.3 is 0 Å². The predicted octanol–water partition coefficient (Wildman–Crippen LogP) is 2.69. The van der Waals surface area contributed by atoms with Crippen molar-refractivity contribution in [3.8, 4) is 0 Å². The maximum atomic E-state index is 11.2. The number of carbonyl (C=O) groups excluding carboxylic acids is 1. The van der Waals surface area contributed by atoms with Gasteiger partial charge in [-0.3, -0.25) is 4.79 Å². The molecule has 13 heavy (non-hydrogen) atoms. The first-order chi connectivity index (χ1) is 5.99. The van der Waals surface area contributed by atoms with Crippen LogP contribution in [0.3, 0.4) is 0 Å². The van der Waals surface area contributed by atoms with Crippen molar-refractivity contribution >= 4 is 15.0 Å². The zero-order valence-electron chi connectivity index (χ0n) is 9.33. The van der Waals surface area contributed by atoms with E-state index in [1.807, 2.05) is 6.92 Å². The monoisotopic (exact) mass is 201 g/mol. The van der Waals surface area contributed by atoms with Gasteiger partial charge in [-0.15, -0.1) is 0 Å². The van der Waals surface area contributed by atoms with Crippen LogP contribution in [0, 0.1) is 6.42 Å². The van der Waals surface area contributed by atoms with Gasteiger partial charge in [0.25, 0.3) is 5.97 Å². The van der Waals surface area contributed by atoms with E-state index >= 15 is 0 Å². The van der Waals surface area contributed by atoms with Crippen molar-refractivity contribution in [1.82, 2.24) is 0 Å². The summed E-state index contributed by atoms with van der Waals surface area (Å²) in [5.41, 5.74) is 1.04. The summed E-state index contributed by atoms with van der Waals surface area (Å²) in [7, 11) is -1.35. The summed E-state index contributed by atoms with van der Waals surface area (Å²) in [6.45, 7) is 10.5.